The molecule has 2 heterocycles. The molecule has 1 aromatic heterocycles. The molecule has 1 atom stereocenters. The molecule has 1 aliphatic heterocycles. The van der Waals surface area contributed by atoms with E-state index in [2.05, 4.69) is 4.98 Å². The van der Waals surface area contributed by atoms with E-state index in [9.17, 15) is 9.18 Å². The fourth-order valence-electron chi connectivity index (χ4n) is 4.11. The summed E-state index contributed by atoms with van der Waals surface area (Å²) in [5.74, 6) is 1.37. The number of likely N-dealkylation sites (N-methyl/N-ethyl adjacent to an activating group) is 1. The topological polar surface area (TPSA) is 49.6 Å². The van der Waals surface area contributed by atoms with E-state index in [0.717, 1.165) is 30.7 Å². The van der Waals surface area contributed by atoms with E-state index in [4.69, 9.17) is 16.0 Å². The fourth-order valence-corrected chi connectivity index (χ4v) is 4.23. The maximum atomic E-state index is 13.9. The number of piperidine rings is 1. The Balaban J connectivity index is 1.33. The van der Waals surface area contributed by atoms with Crippen LogP contribution in [0.2, 0.25) is 5.02 Å². The highest BCUT2D eigenvalue weighted by Gasteiger charge is 2.28. The summed E-state index contributed by atoms with van der Waals surface area (Å²) in [4.78, 5) is 21.1. The summed E-state index contributed by atoms with van der Waals surface area (Å²) in [5.41, 5.74) is 1.70. The third kappa shape index (κ3) is 5.75. The molecule has 1 fully saturated rings. The van der Waals surface area contributed by atoms with E-state index in [1.54, 1.807) is 24.4 Å². The second-order valence-electron chi connectivity index (χ2n) is 8.41. The number of likely N-dealkylation sites (tertiary alicyclic amines) is 1. The van der Waals surface area contributed by atoms with Crippen LogP contribution in [-0.4, -0.2) is 47.4 Å². The van der Waals surface area contributed by atoms with Gasteiger partial charge in [0.2, 0.25) is 5.91 Å². The van der Waals surface area contributed by atoms with Crippen LogP contribution < -0.4 is 0 Å². The van der Waals surface area contributed by atoms with Crippen molar-refractivity contribution in [3.63, 3.8) is 0 Å². The smallest absolute Gasteiger partial charge is 0.236 e. The lowest BCUT2D eigenvalue weighted by molar-refractivity contribution is -0.133. The van der Waals surface area contributed by atoms with Gasteiger partial charge in [-0.05, 0) is 43.7 Å². The van der Waals surface area contributed by atoms with Crippen molar-refractivity contribution in [1.82, 2.24) is 14.8 Å². The van der Waals surface area contributed by atoms with E-state index >= 15 is 0 Å². The zero-order valence-electron chi connectivity index (χ0n) is 18.1. The lowest BCUT2D eigenvalue weighted by Crippen LogP contribution is -2.43. The Morgan fingerprint density at radius 1 is 1.25 bits per heavy atom. The summed E-state index contributed by atoms with van der Waals surface area (Å²) >= 11 is 5.95. The summed E-state index contributed by atoms with van der Waals surface area (Å²) in [6.07, 6.45) is 4.27. The Bertz CT molecular complexity index is 1050. The number of benzene rings is 2. The molecule has 0 saturated carbocycles. The Kier molecular flexibility index (Phi) is 7.22. The molecule has 5 nitrogen and oxygen atoms in total. The Labute approximate surface area is 192 Å². The highest BCUT2D eigenvalue weighted by atomic mass is 35.5. The van der Waals surface area contributed by atoms with Gasteiger partial charge in [0.05, 0.1) is 18.7 Å². The van der Waals surface area contributed by atoms with Crippen LogP contribution in [0.5, 0.6) is 0 Å². The molecule has 0 bridgehead atoms. The van der Waals surface area contributed by atoms with Crippen molar-refractivity contribution in [3.8, 4) is 0 Å². The highest BCUT2D eigenvalue weighted by molar-refractivity contribution is 6.30. The van der Waals surface area contributed by atoms with Gasteiger partial charge in [-0.1, -0.05) is 41.9 Å². The molecule has 0 aliphatic carbocycles. The van der Waals surface area contributed by atoms with Crippen LogP contribution >= 0.6 is 11.6 Å². The van der Waals surface area contributed by atoms with Gasteiger partial charge in [-0.3, -0.25) is 9.69 Å². The van der Waals surface area contributed by atoms with Crippen LogP contribution in [0.3, 0.4) is 0 Å². The predicted molar refractivity (Wildman–Crippen MR) is 122 cm³/mol. The quantitative estimate of drug-likeness (QED) is 0.508. The van der Waals surface area contributed by atoms with Crippen molar-refractivity contribution in [2.24, 2.45) is 0 Å². The number of hydrogen-bond donors (Lipinski definition) is 0. The first-order valence-electron chi connectivity index (χ1n) is 10.9. The average molecular weight is 456 g/mol. The summed E-state index contributed by atoms with van der Waals surface area (Å²) in [6.45, 7) is 1.95. The normalized spacial score (nSPS) is 16.5. The van der Waals surface area contributed by atoms with Crippen LogP contribution in [0.1, 0.15) is 41.5 Å². The zero-order valence-corrected chi connectivity index (χ0v) is 18.9. The monoisotopic (exact) mass is 455 g/mol. The van der Waals surface area contributed by atoms with Crippen molar-refractivity contribution >= 4 is 17.5 Å². The third-order valence-corrected chi connectivity index (χ3v) is 6.04. The number of halogens is 2. The fraction of sp³-hybridized carbons (Fsp3) is 0.360. The SMILES string of the molecule is CN(CC(=O)N1CCC[C@H](c2ncc(Cc3ccc(Cl)cc3)o2)C1)Cc1ccccc1F. The molecule has 1 amide bonds. The van der Waals surface area contributed by atoms with E-state index in [1.807, 2.05) is 41.1 Å². The molecule has 3 aromatic rings. The number of rotatable bonds is 7. The second kappa shape index (κ2) is 10.3. The maximum absolute atomic E-state index is 13.9. The van der Waals surface area contributed by atoms with Crippen molar-refractivity contribution in [2.75, 3.05) is 26.7 Å². The number of hydrogen-bond acceptors (Lipinski definition) is 4. The van der Waals surface area contributed by atoms with Crippen LogP contribution in [-0.2, 0) is 17.8 Å². The summed E-state index contributed by atoms with van der Waals surface area (Å²) in [7, 11) is 1.84. The van der Waals surface area contributed by atoms with E-state index in [-0.39, 0.29) is 24.2 Å². The Morgan fingerprint density at radius 3 is 2.81 bits per heavy atom. The zero-order chi connectivity index (χ0) is 22.5. The molecule has 7 heteroatoms. The van der Waals surface area contributed by atoms with Gasteiger partial charge < -0.3 is 9.32 Å². The van der Waals surface area contributed by atoms with Crippen molar-refractivity contribution in [2.45, 2.75) is 31.7 Å². The first kappa shape index (κ1) is 22.5. The molecule has 0 spiro atoms. The van der Waals surface area contributed by atoms with Crippen LogP contribution in [0.15, 0.2) is 59.1 Å². The first-order valence-corrected chi connectivity index (χ1v) is 11.2. The Hall–Kier alpha value is -2.70. The highest BCUT2D eigenvalue weighted by Crippen LogP contribution is 2.27. The minimum atomic E-state index is -0.247. The number of aromatic nitrogens is 1. The van der Waals surface area contributed by atoms with Gasteiger partial charge in [-0.25, -0.2) is 9.37 Å². The van der Waals surface area contributed by atoms with Gasteiger partial charge in [0.15, 0.2) is 5.89 Å². The molecule has 4 rings (SSSR count). The number of amides is 1. The van der Waals surface area contributed by atoms with Crippen LogP contribution in [0.4, 0.5) is 4.39 Å². The molecule has 168 valence electrons. The Morgan fingerprint density at radius 2 is 2.03 bits per heavy atom. The van der Waals surface area contributed by atoms with Crippen LogP contribution in [0, 0.1) is 5.82 Å². The third-order valence-electron chi connectivity index (χ3n) is 5.79. The molecule has 0 unspecified atom stereocenters. The number of carbonyl (C=O) groups is 1. The lowest BCUT2D eigenvalue weighted by atomic mass is 9.98. The molecule has 0 N–H and O–H groups in total. The molecule has 1 saturated heterocycles. The number of carbonyl (C=O) groups excluding carboxylic acids is 1. The second-order valence-corrected chi connectivity index (χ2v) is 8.85. The first-order chi connectivity index (χ1) is 15.5. The average Bonchev–Trinajstić information content (AvgIpc) is 3.25. The maximum Gasteiger partial charge on any atom is 0.236 e. The molecular formula is C25H27ClFN3O2. The summed E-state index contributed by atoms with van der Waals surface area (Å²) in [6, 6.07) is 14.3. The van der Waals surface area contributed by atoms with Gasteiger partial charge >= 0.3 is 0 Å². The summed E-state index contributed by atoms with van der Waals surface area (Å²) in [5, 5.41) is 0.707. The van der Waals surface area contributed by atoms with Crippen molar-refractivity contribution in [3.05, 3.63) is 88.3 Å². The number of nitrogens with zero attached hydrogens (tertiary/aromatic N) is 3. The largest absolute Gasteiger partial charge is 0.445 e. The van der Waals surface area contributed by atoms with E-state index in [1.165, 1.54) is 6.07 Å². The van der Waals surface area contributed by atoms with Gasteiger partial charge in [0.25, 0.3) is 0 Å². The van der Waals surface area contributed by atoms with Crippen LogP contribution in [0.25, 0.3) is 0 Å². The minimum absolute atomic E-state index is 0.0430. The summed E-state index contributed by atoms with van der Waals surface area (Å²) < 4.78 is 19.9. The minimum Gasteiger partial charge on any atom is -0.445 e. The van der Waals surface area contributed by atoms with E-state index < -0.39 is 0 Å². The number of oxazole rings is 1. The van der Waals surface area contributed by atoms with Gasteiger partial charge in [-0.2, -0.15) is 0 Å². The van der Waals surface area contributed by atoms with Crippen molar-refractivity contribution in [1.29, 1.82) is 0 Å². The van der Waals surface area contributed by atoms with Gasteiger partial charge in [-0.15, -0.1) is 0 Å². The van der Waals surface area contributed by atoms with Gasteiger partial charge in [0, 0.05) is 36.6 Å². The lowest BCUT2D eigenvalue weighted by Gasteiger charge is -2.32. The van der Waals surface area contributed by atoms with Crippen molar-refractivity contribution < 1.29 is 13.6 Å². The molecular weight excluding hydrogens is 429 g/mol. The van der Waals surface area contributed by atoms with E-state index in [0.29, 0.717) is 36.0 Å². The predicted octanol–water partition coefficient (Wildman–Crippen LogP) is 4.90. The molecule has 2 aromatic carbocycles. The molecule has 0 radical (unpaired) electrons. The standard InChI is InChI=1S/C25H27ClFN3O2/c1-29(15-19-5-2-3-7-23(19)27)17-24(31)30-12-4-6-20(16-30)25-28-14-22(32-25)13-18-8-10-21(26)11-9-18/h2-3,5,7-11,14,20H,4,6,12-13,15-17H2,1H3/t20-/m0/s1. The van der Waals surface area contributed by atoms with Gasteiger partial charge in [0.1, 0.15) is 11.6 Å². The molecule has 1 aliphatic rings. The molecule has 32 heavy (non-hydrogen) atoms.